The fourth-order valence-electron chi connectivity index (χ4n) is 2.63. The Balaban J connectivity index is 2.51. The molecule has 0 aliphatic heterocycles. The minimum Gasteiger partial charge on any atom is -0.465 e. The number of hydrogen-bond acceptors (Lipinski definition) is 5. The van der Waals surface area contributed by atoms with Crippen molar-refractivity contribution in [3.05, 3.63) is 64.2 Å². The predicted molar refractivity (Wildman–Crippen MR) is 88.1 cm³/mol. The van der Waals surface area contributed by atoms with Gasteiger partial charge in [0.15, 0.2) is 0 Å². The number of hydrogen-bond donors (Lipinski definition) is 1. The first-order chi connectivity index (χ1) is 12.3. The lowest BCUT2D eigenvalue weighted by Gasteiger charge is -2.16. The summed E-state index contributed by atoms with van der Waals surface area (Å²) >= 11 is 0. The average Bonchev–Trinajstić information content (AvgIpc) is 2.61. The SMILES string of the molecule is COC(=O)c1c(N)c2ccc(C(F)(F)F)cc2n(-c2cccnc2)c1=O. The molecular weight excluding hydrogens is 351 g/mol. The third-order valence-electron chi connectivity index (χ3n) is 3.84. The van der Waals surface area contributed by atoms with Gasteiger partial charge >= 0.3 is 12.1 Å². The number of anilines is 1. The number of nitrogens with two attached hydrogens (primary N) is 1. The molecule has 0 radical (unpaired) electrons. The van der Waals surface area contributed by atoms with E-state index in [0.717, 1.165) is 29.9 Å². The van der Waals surface area contributed by atoms with Crippen LogP contribution in [0, 0.1) is 0 Å². The summed E-state index contributed by atoms with van der Waals surface area (Å²) in [6.45, 7) is 0. The fraction of sp³-hybridized carbons (Fsp3) is 0.118. The van der Waals surface area contributed by atoms with Crippen molar-refractivity contribution in [1.29, 1.82) is 0 Å². The van der Waals surface area contributed by atoms with Gasteiger partial charge in [-0.2, -0.15) is 13.2 Å². The lowest BCUT2D eigenvalue weighted by atomic mass is 10.1. The van der Waals surface area contributed by atoms with Crippen LogP contribution in [-0.4, -0.2) is 22.6 Å². The third-order valence-corrected chi connectivity index (χ3v) is 3.84. The van der Waals surface area contributed by atoms with Crippen molar-refractivity contribution in [3.8, 4) is 5.69 Å². The van der Waals surface area contributed by atoms with E-state index < -0.39 is 28.8 Å². The summed E-state index contributed by atoms with van der Waals surface area (Å²) in [6.07, 6.45) is -1.88. The molecule has 3 aromatic rings. The van der Waals surface area contributed by atoms with Gasteiger partial charge in [-0.25, -0.2) is 4.79 Å². The van der Waals surface area contributed by atoms with E-state index in [4.69, 9.17) is 5.73 Å². The summed E-state index contributed by atoms with van der Waals surface area (Å²) in [5, 5.41) is 0.113. The number of aromatic nitrogens is 2. The lowest BCUT2D eigenvalue weighted by Crippen LogP contribution is -2.28. The van der Waals surface area contributed by atoms with Crippen LogP contribution in [0.5, 0.6) is 0 Å². The number of ether oxygens (including phenoxy) is 1. The molecule has 0 fully saturated rings. The molecule has 0 aliphatic carbocycles. The van der Waals surface area contributed by atoms with Gasteiger partial charge in [0.25, 0.3) is 5.56 Å². The monoisotopic (exact) mass is 363 g/mol. The zero-order chi connectivity index (χ0) is 19.1. The van der Waals surface area contributed by atoms with Crippen molar-refractivity contribution in [2.45, 2.75) is 6.18 Å². The molecule has 0 aliphatic rings. The van der Waals surface area contributed by atoms with E-state index in [1.54, 1.807) is 0 Å². The van der Waals surface area contributed by atoms with Gasteiger partial charge < -0.3 is 10.5 Å². The number of carbonyl (C=O) groups is 1. The van der Waals surface area contributed by atoms with Gasteiger partial charge in [-0.05, 0) is 24.3 Å². The molecule has 134 valence electrons. The predicted octanol–water partition coefficient (Wildman–Crippen LogP) is 2.77. The summed E-state index contributed by atoms with van der Waals surface area (Å²) in [5.41, 5.74) is 3.44. The molecule has 0 unspecified atom stereocenters. The van der Waals surface area contributed by atoms with Crippen LogP contribution in [0.1, 0.15) is 15.9 Å². The van der Waals surface area contributed by atoms with E-state index in [1.165, 1.54) is 24.5 Å². The van der Waals surface area contributed by atoms with E-state index in [1.807, 2.05) is 0 Å². The zero-order valence-corrected chi connectivity index (χ0v) is 13.4. The number of fused-ring (bicyclic) bond motifs is 1. The summed E-state index contributed by atoms with van der Waals surface area (Å²) in [6, 6.07) is 5.74. The number of benzene rings is 1. The van der Waals surface area contributed by atoms with Crippen LogP contribution in [0.3, 0.4) is 0 Å². The Labute approximate surface area is 144 Å². The van der Waals surface area contributed by atoms with Crippen LogP contribution in [-0.2, 0) is 10.9 Å². The van der Waals surface area contributed by atoms with Crippen LogP contribution in [0.4, 0.5) is 18.9 Å². The van der Waals surface area contributed by atoms with Gasteiger partial charge in [-0.3, -0.25) is 14.3 Å². The highest BCUT2D eigenvalue weighted by molar-refractivity contribution is 6.04. The highest BCUT2D eigenvalue weighted by Gasteiger charge is 2.32. The van der Waals surface area contributed by atoms with Gasteiger partial charge in [-0.15, -0.1) is 0 Å². The Morgan fingerprint density at radius 1 is 1.27 bits per heavy atom. The van der Waals surface area contributed by atoms with Crippen molar-refractivity contribution in [1.82, 2.24) is 9.55 Å². The number of carbonyl (C=O) groups excluding carboxylic acids is 1. The van der Waals surface area contributed by atoms with Gasteiger partial charge in [-0.1, -0.05) is 6.07 Å². The van der Waals surface area contributed by atoms with Crippen LogP contribution in [0.15, 0.2) is 47.5 Å². The Morgan fingerprint density at radius 2 is 2.00 bits per heavy atom. The molecule has 2 heterocycles. The topological polar surface area (TPSA) is 87.2 Å². The Hall–Kier alpha value is -3.36. The second kappa shape index (κ2) is 6.17. The van der Waals surface area contributed by atoms with Crippen molar-refractivity contribution in [3.63, 3.8) is 0 Å². The standard InChI is InChI=1S/C17H12F3N3O3/c1-26-16(25)13-14(21)11-5-4-9(17(18,19)20)7-12(11)23(15(13)24)10-3-2-6-22-8-10/h2-8H,21H2,1H3. The summed E-state index contributed by atoms with van der Waals surface area (Å²) in [5.74, 6) is -0.980. The maximum absolute atomic E-state index is 13.1. The summed E-state index contributed by atoms with van der Waals surface area (Å²) < 4.78 is 44.9. The molecule has 2 N–H and O–H groups in total. The molecule has 9 heteroatoms. The smallest absolute Gasteiger partial charge is 0.416 e. The molecule has 1 aromatic carbocycles. The molecule has 26 heavy (non-hydrogen) atoms. The molecular formula is C17H12F3N3O3. The number of halogens is 3. The molecule has 0 atom stereocenters. The lowest BCUT2D eigenvalue weighted by molar-refractivity contribution is -0.137. The van der Waals surface area contributed by atoms with Crippen LogP contribution >= 0.6 is 0 Å². The Morgan fingerprint density at radius 3 is 2.58 bits per heavy atom. The van der Waals surface area contributed by atoms with Gasteiger partial charge in [0.2, 0.25) is 0 Å². The quantitative estimate of drug-likeness (QED) is 0.708. The number of nitrogen functional groups attached to an aromatic ring is 1. The second-order valence-electron chi connectivity index (χ2n) is 5.36. The van der Waals surface area contributed by atoms with Crippen LogP contribution < -0.4 is 11.3 Å². The van der Waals surface area contributed by atoms with Crippen LogP contribution in [0.25, 0.3) is 16.6 Å². The molecule has 6 nitrogen and oxygen atoms in total. The summed E-state index contributed by atoms with van der Waals surface area (Å²) in [7, 11) is 1.08. The first-order valence-corrected chi connectivity index (χ1v) is 7.30. The first kappa shape index (κ1) is 17.5. The van der Waals surface area contributed by atoms with Crippen molar-refractivity contribution in [2.24, 2.45) is 0 Å². The summed E-state index contributed by atoms with van der Waals surface area (Å²) in [4.78, 5) is 28.7. The molecule has 2 aromatic heterocycles. The molecule has 3 rings (SSSR count). The van der Waals surface area contributed by atoms with Gasteiger partial charge in [0.1, 0.15) is 5.56 Å². The van der Waals surface area contributed by atoms with E-state index in [2.05, 4.69) is 9.72 Å². The third kappa shape index (κ3) is 2.77. The van der Waals surface area contributed by atoms with E-state index in [0.29, 0.717) is 0 Å². The fourth-order valence-corrected chi connectivity index (χ4v) is 2.63. The Kier molecular flexibility index (Phi) is 4.15. The van der Waals surface area contributed by atoms with E-state index >= 15 is 0 Å². The largest absolute Gasteiger partial charge is 0.465 e. The molecule has 0 saturated carbocycles. The van der Waals surface area contributed by atoms with E-state index in [-0.39, 0.29) is 22.3 Å². The van der Waals surface area contributed by atoms with Crippen molar-refractivity contribution < 1.29 is 22.7 Å². The average molecular weight is 363 g/mol. The maximum atomic E-state index is 13.1. The normalized spacial score (nSPS) is 11.5. The number of rotatable bonds is 2. The zero-order valence-electron chi connectivity index (χ0n) is 13.4. The minimum absolute atomic E-state index is 0.0945. The highest BCUT2D eigenvalue weighted by Crippen LogP contribution is 2.33. The number of alkyl halides is 3. The van der Waals surface area contributed by atoms with E-state index in [9.17, 15) is 22.8 Å². The van der Waals surface area contributed by atoms with Gasteiger partial charge in [0.05, 0.1) is 35.8 Å². The van der Waals surface area contributed by atoms with Gasteiger partial charge in [0, 0.05) is 11.6 Å². The van der Waals surface area contributed by atoms with Crippen molar-refractivity contribution >= 4 is 22.6 Å². The minimum atomic E-state index is -4.61. The number of methoxy groups -OCH3 is 1. The number of esters is 1. The molecule has 0 saturated heterocycles. The van der Waals surface area contributed by atoms with Crippen molar-refractivity contribution in [2.75, 3.05) is 12.8 Å². The molecule has 0 amide bonds. The number of nitrogens with zero attached hydrogens (tertiary/aromatic N) is 2. The first-order valence-electron chi connectivity index (χ1n) is 7.30. The maximum Gasteiger partial charge on any atom is 0.416 e. The molecule has 0 spiro atoms. The van der Waals surface area contributed by atoms with Crippen LogP contribution in [0.2, 0.25) is 0 Å². The number of pyridine rings is 2. The molecule has 0 bridgehead atoms. The Bertz CT molecular complexity index is 1060. The second-order valence-corrected chi connectivity index (χ2v) is 5.36. The highest BCUT2D eigenvalue weighted by atomic mass is 19.4.